The van der Waals surface area contributed by atoms with Crippen LogP contribution in [0, 0.1) is 0 Å². The third-order valence-corrected chi connectivity index (χ3v) is 7.18. The lowest BCUT2D eigenvalue weighted by Gasteiger charge is -2.29. The van der Waals surface area contributed by atoms with Crippen molar-refractivity contribution in [3.05, 3.63) is 28.3 Å². The van der Waals surface area contributed by atoms with Crippen molar-refractivity contribution < 1.29 is 54.5 Å². The summed E-state index contributed by atoms with van der Waals surface area (Å²) in [6.07, 6.45) is 0.124. The number of rotatable bonds is 6. The van der Waals surface area contributed by atoms with E-state index in [-0.39, 0.29) is 48.4 Å². The van der Waals surface area contributed by atoms with Gasteiger partial charge in [0.15, 0.2) is 34.5 Å². The Balaban J connectivity index is 1.42. The van der Waals surface area contributed by atoms with Gasteiger partial charge in [0, 0.05) is 31.6 Å². The number of morpholine rings is 1. The van der Waals surface area contributed by atoms with Gasteiger partial charge in [-0.25, -0.2) is 0 Å². The maximum Gasteiger partial charge on any atom is 0.255 e. The number of phenols is 6. The molecule has 7 N–H and O–H groups in total. The van der Waals surface area contributed by atoms with E-state index >= 15 is 0 Å². The number of hydrogen-bond acceptors (Lipinski definition) is 12. The number of ether oxygens (including phenoxy) is 2. The standard InChI is InChI=1S/C25H27N3O11/c29-16-7-11-12(9-28(25(11)37)15-1-2-17(30)26-24(15)36)23(22(16)35)39-10-14-20(33)18(31)13(19(32)21(14)34)8-27-3-5-38-6-4-27/h7,15,29,31-35H,1-6,8-10H2,(H,26,30,36). The molecule has 2 aromatic rings. The molecule has 39 heavy (non-hydrogen) atoms. The smallest absolute Gasteiger partial charge is 0.255 e. The maximum absolute atomic E-state index is 13.1. The van der Waals surface area contributed by atoms with Gasteiger partial charge in [-0.05, 0) is 12.5 Å². The lowest BCUT2D eigenvalue weighted by Crippen LogP contribution is -2.52. The lowest BCUT2D eigenvalue weighted by atomic mass is 10.0. The summed E-state index contributed by atoms with van der Waals surface area (Å²) in [4.78, 5) is 40.0. The monoisotopic (exact) mass is 545 g/mol. The van der Waals surface area contributed by atoms with E-state index in [4.69, 9.17) is 9.47 Å². The highest BCUT2D eigenvalue weighted by Crippen LogP contribution is 2.49. The highest BCUT2D eigenvalue weighted by molar-refractivity contribution is 6.06. The summed E-state index contributed by atoms with van der Waals surface area (Å²) in [7, 11) is 0. The first kappa shape index (κ1) is 26.2. The summed E-state index contributed by atoms with van der Waals surface area (Å²) in [6.45, 7) is 1.08. The zero-order valence-electron chi connectivity index (χ0n) is 20.6. The van der Waals surface area contributed by atoms with Crippen molar-refractivity contribution >= 4 is 17.7 Å². The van der Waals surface area contributed by atoms with Gasteiger partial charge >= 0.3 is 0 Å². The van der Waals surface area contributed by atoms with E-state index < -0.39 is 70.4 Å². The molecule has 0 radical (unpaired) electrons. The molecule has 1 unspecified atom stereocenters. The minimum Gasteiger partial charge on any atom is -0.504 e. The first-order valence-electron chi connectivity index (χ1n) is 12.2. The fourth-order valence-corrected chi connectivity index (χ4v) is 5.01. The van der Waals surface area contributed by atoms with Crippen LogP contribution in [-0.2, 0) is 34.0 Å². The van der Waals surface area contributed by atoms with Crippen LogP contribution in [0.2, 0.25) is 0 Å². The van der Waals surface area contributed by atoms with Gasteiger partial charge in [-0.1, -0.05) is 0 Å². The second kappa shape index (κ2) is 10.0. The number of imide groups is 1. The average Bonchev–Trinajstić information content (AvgIpc) is 3.23. The molecule has 14 heteroatoms. The number of carbonyl (C=O) groups is 3. The Morgan fingerprint density at radius 3 is 2.21 bits per heavy atom. The normalized spacial score (nSPS) is 19.7. The highest BCUT2D eigenvalue weighted by Gasteiger charge is 2.41. The summed E-state index contributed by atoms with van der Waals surface area (Å²) in [5, 5.41) is 65.3. The molecule has 0 aromatic heterocycles. The van der Waals surface area contributed by atoms with Crippen molar-refractivity contribution in [1.82, 2.24) is 15.1 Å². The van der Waals surface area contributed by atoms with E-state index in [2.05, 4.69) is 5.32 Å². The van der Waals surface area contributed by atoms with Gasteiger partial charge in [0.1, 0.15) is 12.6 Å². The van der Waals surface area contributed by atoms with Crippen LogP contribution in [-0.4, -0.2) is 90.5 Å². The number of phenolic OH excluding ortho intramolecular Hbond substituents is 6. The lowest BCUT2D eigenvalue weighted by molar-refractivity contribution is -0.136. The predicted molar refractivity (Wildman–Crippen MR) is 129 cm³/mol. The van der Waals surface area contributed by atoms with Crippen molar-refractivity contribution in [3.63, 3.8) is 0 Å². The molecule has 3 amide bonds. The molecule has 3 aliphatic heterocycles. The van der Waals surface area contributed by atoms with Crippen molar-refractivity contribution in [3.8, 4) is 40.2 Å². The molecule has 1 atom stereocenters. The Morgan fingerprint density at radius 1 is 0.923 bits per heavy atom. The Morgan fingerprint density at radius 2 is 1.56 bits per heavy atom. The predicted octanol–water partition coefficient (Wildman–Crippen LogP) is 0.0924. The van der Waals surface area contributed by atoms with Gasteiger partial charge in [-0.2, -0.15) is 0 Å². The van der Waals surface area contributed by atoms with Gasteiger partial charge in [-0.3, -0.25) is 24.6 Å². The van der Waals surface area contributed by atoms with E-state index in [1.54, 1.807) is 0 Å². The van der Waals surface area contributed by atoms with Gasteiger partial charge in [0.2, 0.25) is 17.6 Å². The van der Waals surface area contributed by atoms with Crippen LogP contribution >= 0.6 is 0 Å². The van der Waals surface area contributed by atoms with Gasteiger partial charge < -0.3 is 45.0 Å². The molecule has 5 rings (SSSR count). The van der Waals surface area contributed by atoms with E-state index in [1.165, 1.54) is 4.90 Å². The third-order valence-electron chi connectivity index (χ3n) is 7.18. The number of amides is 3. The minimum absolute atomic E-state index is 0.0302. The van der Waals surface area contributed by atoms with E-state index in [9.17, 15) is 45.0 Å². The number of carbonyl (C=O) groups excluding carboxylic acids is 3. The number of piperidine rings is 1. The molecule has 2 fully saturated rings. The second-order valence-corrected chi connectivity index (χ2v) is 9.53. The van der Waals surface area contributed by atoms with Crippen molar-refractivity contribution in [2.45, 2.75) is 38.6 Å². The Kier molecular flexibility index (Phi) is 6.74. The van der Waals surface area contributed by atoms with Crippen LogP contribution in [0.15, 0.2) is 6.07 Å². The number of nitrogens with zero attached hydrogens (tertiary/aromatic N) is 2. The van der Waals surface area contributed by atoms with Crippen molar-refractivity contribution in [1.29, 1.82) is 0 Å². The van der Waals surface area contributed by atoms with Crippen molar-refractivity contribution in [2.75, 3.05) is 26.3 Å². The van der Waals surface area contributed by atoms with Crippen LogP contribution in [0.5, 0.6) is 40.2 Å². The van der Waals surface area contributed by atoms with Gasteiger partial charge in [0.25, 0.3) is 5.91 Å². The molecule has 0 bridgehead atoms. The van der Waals surface area contributed by atoms with Crippen LogP contribution in [0.25, 0.3) is 0 Å². The van der Waals surface area contributed by atoms with E-state index in [0.717, 1.165) is 6.07 Å². The van der Waals surface area contributed by atoms with Crippen LogP contribution in [0.4, 0.5) is 0 Å². The zero-order valence-corrected chi connectivity index (χ0v) is 20.6. The van der Waals surface area contributed by atoms with Crippen LogP contribution < -0.4 is 10.1 Å². The molecular formula is C25H27N3O11. The summed E-state index contributed by atoms with van der Waals surface area (Å²) in [5.74, 6) is -6.37. The molecule has 3 aliphatic rings. The summed E-state index contributed by atoms with van der Waals surface area (Å²) < 4.78 is 10.9. The highest BCUT2D eigenvalue weighted by atomic mass is 16.5. The largest absolute Gasteiger partial charge is 0.504 e. The average molecular weight is 546 g/mol. The third kappa shape index (κ3) is 4.57. The molecule has 208 valence electrons. The molecular weight excluding hydrogens is 518 g/mol. The fraction of sp³-hybridized carbons (Fsp3) is 0.400. The van der Waals surface area contributed by atoms with Gasteiger partial charge in [-0.15, -0.1) is 0 Å². The molecule has 14 nitrogen and oxygen atoms in total. The summed E-state index contributed by atoms with van der Waals surface area (Å²) in [6, 6.07) is 0.0689. The topological polar surface area (TPSA) is 210 Å². The van der Waals surface area contributed by atoms with Crippen molar-refractivity contribution in [2.24, 2.45) is 0 Å². The number of fused-ring (bicyclic) bond motifs is 1. The Bertz CT molecular complexity index is 1340. The minimum atomic E-state index is -0.958. The van der Waals surface area contributed by atoms with E-state index in [1.807, 2.05) is 4.90 Å². The summed E-state index contributed by atoms with van der Waals surface area (Å²) >= 11 is 0. The molecule has 3 heterocycles. The summed E-state index contributed by atoms with van der Waals surface area (Å²) in [5.41, 5.74) is -0.429. The first-order chi connectivity index (χ1) is 18.6. The van der Waals surface area contributed by atoms with Crippen LogP contribution in [0.3, 0.4) is 0 Å². The van der Waals surface area contributed by atoms with Gasteiger partial charge in [0.05, 0.1) is 36.4 Å². The number of benzene rings is 2. The quantitative estimate of drug-likeness (QED) is 0.146. The maximum atomic E-state index is 13.1. The molecule has 2 aromatic carbocycles. The van der Waals surface area contributed by atoms with E-state index in [0.29, 0.717) is 26.3 Å². The SMILES string of the molecule is O=C1CCC(N2Cc3c(cc(O)c(O)c3OCc3c(O)c(O)c(CN4CCOCC4)c(O)c3O)C2=O)C(=O)N1. The van der Waals surface area contributed by atoms with Crippen LogP contribution in [0.1, 0.15) is 39.9 Å². The number of aromatic hydroxyl groups is 6. The Labute approximate surface area is 221 Å². The number of nitrogens with one attached hydrogen (secondary N) is 1. The number of hydrogen-bond donors (Lipinski definition) is 7. The Hall–Kier alpha value is -4.43. The first-order valence-corrected chi connectivity index (χ1v) is 12.2. The zero-order chi connectivity index (χ0) is 28.0. The molecule has 0 saturated carbocycles. The molecule has 2 saturated heterocycles. The molecule has 0 spiro atoms. The fourth-order valence-electron chi connectivity index (χ4n) is 5.01. The molecule has 0 aliphatic carbocycles. The second-order valence-electron chi connectivity index (χ2n) is 9.53.